The van der Waals surface area contributed by atoms with Gasteiger partial charge in [-0.2, -0.15) is 0 Å². The predicted octanol–water partition coefficient (Wildman–Crippen LogP) is 6.55. The van der Waals surface area contributed by atoms with E-state index in [2.05, 4.69) is 32.4 Å². The first kappa shape index (κ1) is 55.6. The fourth-order valence-electron chi connectivity index (χ4n) is 10.0. The second kappa shape index (κ2) is 24.3. The summed E-state index contributed by atoms with van der Waals surface area (Å²) in [5.74, 6) is -4.09. The topological polar surface area (TPSA) is 195 Å². The molecule has 394 valence electrons. The molecular formula is C57H78N8O8. The first-order valence-corrected chi connectivity index (χ1v) is 26.0. The minimum atomic E-state index is -1.24. The summed E-state index contributed by atoms with van der Waals surface area (Å²) in [7, 11) is 3.04. The lowest BCUT2D eigenvalue weighted by atomic mass is 9.97. The Balaban J connectivity index is 1.50. The molecule has 0 spiro atoms. The van der Waals surface area contributed by atoms with Gasteiger partial charge in [0.25, 0.3) is 0 Å². The number of para-hydroxylation sites is 1. The third-order valence-corrected chi connectivity index (χ3v) is 14.4. The Morgan fingerprint density at radius 1 is 0.753 bits per heavy atom. The van der Waals surface area contributed by atoms with Crippen LogP contribution in [0.2, 0.25) is 0 Å². The van der Waals surface area contributed by atoms with Gasteiger partial charge < -0.3 is 45.0 Å². The van der Waals surface area contributed by atoms with Gasteiger partial charge in [-0.05, 0) is 100 Å². The van der Waals surface area contributed by atoms with E-state index in [1.54, 1.807) is 24.5 Å². The van der Waals surface area contributed by atoms with Crippen molar-refractivity contribution in [1.82, 2.24) is 40.5 Å². The SMILES string of the molecule is C=CC(C)(C)n1cc(C[C@@H]2NC(=O)[C@H](CCCC)NC(=O)[C@H](CC(C)C)N3CC/C=C\C[C@@H](C3=O)N(C)C(=O)[C@H](C)NC(=O)C(Cc3ccc4occc4c3)NC(=O)[C@H](CC(C)C)N(C)C2=O)c2ccccc21. The Morgan fingerprint density at radius 2 is 1.41 bits per heavy atom. The van der Waals surface area contributed by atoms with E-state index >= 15 is 4.79 Å². The first-order valence-electron chi connectivity index (χ1n) is 26.0. The number of nitrogens with one attached hydrogen (secondary N) is 4. The van der Waals surface area contributed by atoms with Gasteiger partial charge in [0.05, 0.1) is 11.8 Å². The summed E-state index contributed by atoms with van der Waals surface area (Å²) in [6.07, 6.45) is 11.8. The minimum Gasteiger partial charge on any atom is -0.464 e. The Hall–Kier alpha value is -6.71. The van der Waals surface area contributed by atoms with E-state index in [4.69, 9.17) is 4.42 Å². The number of likely N-dealkylation sites (N-methyl/N-ethyl adjacent to an activating group) is 2. The quantitative estimate of drug-likeness (QED) is 0.108. The monoisotopic (exact) mass is 1000 g/mol. The zero-order valence-electron chi connectivity index (χ0n) is 44.5. The summed E-state index contributed by atoms with van der Waals surface area (Å²) < 4.78 is 7.65. The summed E-state index contributed by atoms with van der Waals surface area (Å²) >= 11 is 0. The van der Waals surface area contributed by atoms with Crippen LogP contribution in [0.15, 0.2) is 90.2 Å². The van der Waals surface area contributed by atoms with E-state index in [1.165, 1.54) is 35.7 Å². The molecule has 0 aliphatic carbocycles. The van der Waals surface area contributed by atoms with Crippen molar-refractivity contribution in [3.8, 4) is 0 Å². The van der Waals surface area contributed by atoms with Gasteiger partial charge in [-0.25, -0.2) is 0 Å². The zero-order valence-corrected chi connectivity index (χ0v) is 44.5. The fourth-order valence-corrected chi connectivity index (χ4v) is 10.0. The van der Waals surface area contributed by atoms with Crippen molar-refractivity contribution >= 4 is 63.2 Å². The number of fused-ring (bicyclic) bond motifs is 4. The van der Waals surface area contributed by atoms with Gasteiger partial charge in [-0.3, -0.25) is 33.6 Å². The van der Waals surface area contributed by atoms with E-state index in [1.807, 2.05) is 103 Å². The number of hydrogen-bond donors (Lipinski definition) is 4. The molecule has 4 aromatic rings. The largest absolute Gasteiger partial charge is 0.464 e. The van der Waals surface area contributed by atoms with E-state index in [9.17, 15) is 28.8 Å². The average Bonchev–Trinajstić information content (AvgIpc) is 3.98. The smallest absolute Gasteiger partial charge is 0.246 e. The van der Waals surface area contributed by atoms with Gasteiger partial charge >= 0.3 is 0 Å². The van der Waals surface area contributed by atoms with Gasteiger partial charge in [-0.15, -0.1) is 6.58 Å². The maximum absolute atomic E-state index is 15.4. The van der Waals surface area contributed by atoms with E-state index < -0.39 is 89.2 Å². The lowest BCUT2D eigenvalue weighted by Crippen LogP contribution is -2.61. The van der Waals surface area contributed by atoms with E-state index in [0.29, 0.717) is 30.4 Å². The van der Waals surface area contributed by atoms with Gasteiger partial charge in [0.15, 0.2) is 0 Å². The van der Waals surface area contributed by atoms with Crippen LogP contribution in [0.5, 0.6) is 0 Å². The first-order chi connectivity index (χ1) is 34.6. The molecule has 1 fully saturated rings. The molecule has 4 N–H and O–H groups in total. The van der Waals surface area contributed by atoms with Crippen LogP contribution in [-0.4, -0.2) is 124 Å². The molecule has 7 atom stereocenters. The minimum absolute atomic E-state index is 0.0174. The van der Waals surface area contributed by atoms with Crippen LogP contribution in [-0.2, 0) is 51.9 Å². The number of aromatic nitrogens is 1. The summed E-state index contributed by atoms with van der Waals surface area (Å²) in [5.41, 5.74) is 2.47. The van der Waals surface area contributed by atoms with Crippen LogP contribution >= 0.6 is 0 Å². The van der Waals surface area contributed by atoms with Gasteiger partial charge in [0, 0.05) is 56.0 Å². The molecule has 2 bridgehead atoms. The lowest BCUT2D eigenvalue weighted by Gasteiger charge is -2.38. The van der Waals surface area contributed by atoms with Crippen LogP contribution in [0.1, 0.15) is 111 Å². The van der Waals surface area contributed by atoms with Crippen molar-refractivity contribution in [2.45, 2.75) is 161 Å². The summed E-state index contributed by atoms with van der Waals surface area (Å²) in [5, 5.41) is 13.5. The van der Waals surface area contributed by atoms with Crippen molar-refractivity contribution in [3.05, 3.63) is 96.9 Å². The summed E-state index contributed by atoms with van der Waals surface area (Å²) in [4.78, 5) is 108. The van der Waals surface area contributed by atoms with Gasteiger partial charge in [0.2, 0.25) is 41.4 Å². The van der Waals surface area contributed by atoms with Crippen LogP contribution in [0, 0.1) is 11.8 Å². The number of furan rings is 1. The number of rotatable bonds is 13. The third kappa shape index (κ3) is 13.3. The number of unbranched alkanes of at least 4 members (excludes halogenated alkanes) is 1. The molecule has 2 aromatic heterocycles. The van der Waals surface area contributed by atoms with E-state index in [0.717, 1.165) is 21.9 Å². The lowest BCUT2D eigenvalue weighted by molar-refractivity contribution is -0.150. The van der Waals surface area contributed by atoms with Gasteiger partial charge in [-0.1, -0.05) is 90.0 Å². The Bertz CT molecular complexity index is 2680. The number of hydrogen-bond acceptors (Lipinski definition) is 8. The molecule has 0 saturated carbocycles. The summed E-state index contributed by atoms with van der Waals surface area (Å²) in [6, 6.07) is 7.18. The Morgan fingerprint density at radius 3 is 2.11 bits per heavy atom. The molecule has 2 aromatic carbocycles. The number of amides is 7. The molecule has 6 rings (SSSR count). The Kier molecular flexibility index (Phi) is 18.5. The molecule has 1 saturated heterocycles. The third-order valence-electron chi connectivity index (χ3n) is 14.4. The van der Waals surface area contributed by atoms with Crippen LogP contribution in [0.3, 0.4) is 0 Å². The molecule has 16 nitrogen and oxygen atoms in total. The zero-order chi connectivity index (χ0) is 53.3. The van der Waals surface area contributed by atoms with Crippen LogP contribution < -0.4 is 21.3 Å². The second-order valence-corrected chi connectivity index (χ2v) is 21.4. The van der Waals surface area contributed by atoms with Gasteiger partial charge in [0.1, 0.15) is 47.9 Å². The highest BCUT2D eigenvalue weighted by atomic mass is 16.3. The molecule has 7 amide bonds. The van der Waals surface area contributed by atoms with Crippen molar-refractivity contribution in [2.75, 3.05) is 20.6 Å². The highest BCUT2D eigenvalue weighted by molar-refractivity contribution is 5.99. The second-order valence-electron chi connectivity index (χ2n) is 21.4. The fraction of sp³-hybridized carbons (Fsp3) is 0.526. The standard InChI is InChI=1S/C57H78N8O8/c1-12-14-21-42-50(66)61-44(33-40-34-65(57(8,9)13-2)45-22-18-17-20-41(40)45)55(71)63(11)47(29-35(3)4)52(68)60-43(32-38-24-25-49-39(31-38)26-28-73-49)51(67)58-37(7)54(70)62(10)46-23-16-15-19-27-64(56(46)72)48(30-36(5)6)53(69)59-42/h13,15-18,20,22,24-26,28,31,34-37,42-44,46-48H,2,12,14,19,21,23,27,29-30,32-33H2,1,3-11H3,(H,58,67)(H,59,69)(H,60,68)(H,61,66)/b16-15-/t37-,42-,43?,44-,46-,47-,48-/m0/s1. The molecule has 2 aliphatic rings. The number of carbonyl (C=O) groups is 7. The van der Waals surface area contributed by atoms with E-state index in [-0.39, 0.29) is 56.9 Å². The number of benzene rings is 2. The normalized spacial score (nSPS) is 24.2. The molecular weight excluding hydrogens is 925 g/mol. The van der Waals surface area contributed by atoms with Crippen molar-refractivity contribution in [1.29, 1.82) is 0 Å². The van der Waals surface area contributed by atoms with Crippen molar-refractivity contribution < 1.29 is 38.0 Å². The maximum Gasteiger partial charge on any atom is 0.246 e. The molecule has 1 unspecified atom stereocenters. The molecule has 0 radical (unpaired) electrons. The highest BCUT2D eigenvalue weighted by Gasteiger charge is 2.41. The van der Waals surface area contributed by atoms with Crippen molar-refractivity contribution in [3.63, 3.8) is 0 Å². The van der Waals surface area contributed by atoms with Crippen molar-refractivity contribution in [2.24, 2.45) is 11.8 Å². The number of allylic oxidation sites excluding steroid dienone is 1. The Labute approximate surface area is 430 Å². The average molecular weight is 1000 g/mol. The van der Waals surface area contributed by atoms with Crippen LogP contribution in [0.4, 0.5) is 0 Å². The summed E-state index contributed by atoms with van der Waals surface area (Å²) in [6.45, 7) is 19.6. The number of carbonyl (C=O) groups excluding carboxylic acids is 7. The molecule has 16 heteroatoms. The maximum atomic E-state index is 15.4. The molecule has 4 heterocycles. The van der Waals surface area contributed by atoms with Crippen LogP contribution in [0.25, 0.3) is 21.9 Å². The molecule has 2 aliphatic heterocycles. The molecule has 73 heavy (non-hydrogen) atoms. The predicted molar refractivity (Wildman–Crippen MR) is 284 cm³/mol. The highest BCUT2D eigenvalue weighted by Crippen LogP contribution is 2.30. The number of nitrogens with zero attached hydrogens (tertiary/aromatic N) is 4.